The number of hydrazine groups is 1. The highest BCUT2D eigenvalue weighted by atomic mass is 16.2. The molecule has 2 aromatic carbocycles. The molecule has 2 heterocycles. The van der Waals surface area contributed by atoms with Crippen molar-refractivity contribution in [1.82, 2.24) is 24.9 Å². The van der Waals surface area contributed by atoms with Gasteiger partial charge in [0.25, 0.3) is 17.4 Å². The van der Waals surface area contributed by atoms with Gasteiger partial charge in [0.2, 0.25) is 0 Å². The maximum Gasteiger partial charge on any atom is 0.344 e. The van der Waals surface area contributed by atoms with Gasteiger partial charge < -0.3 is 5.32 Å². The number of carbonyl (C=O) groups excluding carboxylic acids is 3. The fraction of sp³-hybridized carbons (Fsp3) is 0.227. The Morgan fingerprint density at radius 3 is 2.31 bits per heavy atom. The maximum absolute atomic E-state index is 13.0. The molecule has 1 unspecified atom stereocenters. The SMILES string of the molecule is CCn1c(=O)c2ccccc2n(CC(=O)NN2C(=O)NC(C)(c3ccccc3)C2=O)c1=O. The van der Waals surface area contributed by atoms with Crippen LogP contribution in [0, 0.1) is 0 Å². The van der Waals surface area contributed by atoms with E-state index in [1.807, 2.05) is 0 Å². The van der Waals surface area contributed by atoms with Crippen LogP contribution >= 0.6 is 0 Å². The lowest BCUT2D eigenvalue weighted by molar-refractivity contribution is -0.139. The quantitative estimate of drug-likeness (QED) is 0.571. The number of urea groups is 1. The van der Waals surface area contributed by atoms with Gasteiger partial charge >= 0.3 is 11.7 Å². The molecule has 32 heavy (non-hydrogen) atoms. The standard InChI is InChI=1S/C22H21N5O5/c1-3-25-18(29)15-11-7-8-12-16(15)26(21(25)32)13-17(28)24-27-19(30)22(2,23-20(27)31)14-9-5-4-6-10-14/h4-12H,3,13H2,1-2H3,(H,23,31)(H,24,28). The van der Waals surface area contributed by atoms with Gasteiger partial charge in [-0.05, 0) is 31.5 Å². The zero-order valence-corrected chi connectivity index (χ0v) is 17.5. The first-order valence-corrected chi connectivity index (χ1v) is 10.0. The molecule has 1 saturated heterocycles. The van der Waals surface area contributed by atoms with Crippen LogP contribution in [0.3, 0.4) is 0 Å². The molecule has 0 spiro atoms. The zero-order valence-electron chi connectivity index (χ0n) is 17.5. The van der Waals surface area contributed by atoms with Gasteiger partial charge in [-0.3, -0.25) is 28.9 Å². The van der Waals surface area contributed by atoms with Crippen LogP contribution in [0.5, 0.6) is 0 Å². The van der Waals surface area contributed by atoms with Crippen molar-refractivity contribution < 1.29 is 14.4 Å². The summed E-state index contributed by atoms with van der Waals surface area (Å²) < 4.78 is 2.17. The van der Waals surface area contributed by atoms with Crippen molar-refractivity contribution >= 4 is 28.7 Å². The Hall–Kier alpha value is -4.21. The number of hydrogen-bond acceptors (Lipinski definition) is 5. The summed E-state index contributed by atoms with van der Waals surface area (Å²) in [4.78, 5) is 63.5. The first kappa shape index (κ1) is 21.0. The van der Waals surface area contributed by atoms with Crippen molar-refractivity contribution in [2.45, 2.75) is 32.5 Å². The maximum atomic E-state index is 13.0. The summed E-state index contributed by atoms with van der Waals surface area (Å²) in [5.74, 6) is -1.42. The van der Waals surface area contributed by atoms with Gasteiger partial charge in [-0.15, -0.1) is 0 Å². The fourth-order valence-corrected chi connectivity index (χ4v) is 3.81. The molecule has 10 heteroatoms. The van der Waals surface area contributed by atoms with Crippen LogP contribution in [0.25, 0.3) is 10.9 Å². The minimum Gasteiger partial charge on any atom is -0.318 e. The van der Waals surface area contributed by atoms with Crippen LogP contribution in [0.4, 0.5) is 4.79 Å². The predicted octanol–water partition coefficient (Wildman–Crippen LogP) is 0.681. The number of carbonyl (C=O) groups is 3. The molecule has 0 saturated carbocycles. The number of rotatable bonds is 5. The Balaban J connectivity index is 1.63. The molecule has 1 aliphatic heterocycles. The van der Waals surface area contributed by atoms with Crippen molar-refractivity contribution in [3.63, 3.8) is 0 Å². The lowest BCUT2D eigenvalue weighted by Crippen LogP contribution is -2.50. The Morgan fingerprint density at radius 2 is 1.62 bits per heavy atom. The Bertz CT molecular complexity index is 1360. The molecule has 3 aromatic rings. The second kappa shape index (κ2) is 7.80. The summed E-state index contributed by atoms with van der Waals surface area (Å²) in [5, 5.41) is 3.49. The van der Waals surface area contributed by atoms with E-state index in [9.17, 15) is 24.0 Å². The molecule has 0 radical (unpaired) electrons. The molecule has 10 nitrogen and oxygen atoms in total. The van der Waals surface area contributed by atoms with E-state index in [4.69, 9.17) is 0 Å². The van der Waals surface area contributed by atoms with E-state index >= 15 is 0 Å². The van der Waals surface area contributed by atoms with Crippen molar-refractivity contribution in [2.75, 3.05) is 0 Å². The first-order valence-electron chi connectivity index (χ1n) is 10.0. The van der Waals surface area contributed by atoms with Crippen LogP contribution in [0.2, 0.25) is 0 Å². The minimum atomic E-state index is -1.34. The van der Waals surface area contributed by atoms with Gasteiger partial charge in [0, 0.05) is 6.54 Å². The van der Waals surface area contributed by atoms with Gasteiger partial charge in [-0.1, -0.05) is 42.5 Å². The van der Waals surface area contributed by atoms with Crippen molar-refractivity contribution in [3.8, 4) is 0 Å². The molecule has 1 fully saturated rings. The molecule has 1 aromatic heterocycles. The lowest BCUT2D eigenvalue weighted by atomic mass is 9.92. The second-order valence-corrected chi connectivity index (χ2v) is 7.53. The van der Waals surface area contributed by atoms with E-state index in [0.29, 0.717) is 10.6 Å². The van der Waals surface area contributed by atoms with E-state index in [0.717, 1.165) is 9.13 Å². The molecule has 4 amide bonds. The van der Waals surface area contributed by atoms with Crippen molar-refractivity contribution in [2.24, 2.45) is 0 Å². The number of para-hydroxylation sites is 1. The number of nitrogens with zero attached hydrogens (tertiary/aromatic N) is 3. The van der Waals surface area contributed by atoms with Gasteiger partial charge in [-0.25, -0.2) is 9.59 Å². The Kier molecular flexibility index (Phi) is 5.13. The molecule has 1 atom stereocenters. The number of nitrogens with one attached hydrogen (secondary N) is 2. The van der Waals surface area contributed by atoms with Gasteiger partial charge in [0.05, 0.1) is 10.9 Å². The van der Waals surface area contributed by atoms with Crippen LogP contribution in [0.1, 0.15) is 19.4 Å². The van der Waals surface area contributed by atoms with Gasteiger partial charge in [0.15, 0.2) is 0 Å². The molecular formula is C22H21N5O5. The normalized spacial score (nSPS) is 18.1. The summed E-state index contributed by atoms with van der Waals surface area (Å²) in [7, 11) is 0. The molecule has 4 rings (SSSR count). The smallest absolute Gasteiger partial charge is 0.318 e. The van der Waals surface area contributed by atoms with E-state index < -0.39 is 41.2 Å². The lowest BCUT2D eigenvalue weighted by Gasteiger charge is -2.22. The van der Waals surface area contributed by atoms with Crippen molar-refractivity contribution in [1.29, 1.82) is 0 Å². The number of amides is 4. The molecule has 2 N–H and O–H groups in total. The molecular weight excluding hydrogens is 414 g/mol. The minimum absolute atomic E-state index is 0.132. The third-order valence-electron chi connectivity index (χ3n) is 5.53. The largest absolute Gasteiger partial charge is 0.344 e. The highest BCUT2D eigenvalue weighted by molar-refractivity contribution is 6.08. The topological polar surface area (TPSA) is 123 Å². The summed E-state index contributed by atoms with van der Waals surface area (Å²) in [5.41, 5.74) is 0.685. The predicted molar refractivity (Wildman–Crippen MR) is 115 cm³/mol. The molecule has 0 bridgehead atoms. The summed E-state index contributed by atoms with van der Waals surface area (Å²) in [6, 6.07) is 14.3. The highest BCUT2D eigenvalue weighted by Gasteiger charge is 2.50. The summed E-state index contributed by atoms with van der Waals surface area (Å²) in [6.07, 6.45) is 0. The second-order valence-electron chi connectivity index (χ2n) is 7.53. The van der Waals surface area contributed by atoms with Crippen LogP contribution in [0.15, 0.2) is 64.2 Å². The number of benzene rings is 2. The van der Waals surface area contributed by atoms with E-state index in [1.54, 1.807) is 68.4 Å². The number of imide groups is 1. The van der Waals surface area contributed by atoms with Gasteiger partial charge in [-0.2, -0.15) is 5.01 Å². The Morgan fingerprint density at radius 1 is 0.969 bits per heavy atom. The third kappa shape index (κ3) is 3.25. The van der Waals surface area contributed by atoms with Crippen molar-refractivity contribution in [3.05, 3.63) is 81.0 Å². The average Bonchev–Trinajstić information content (AvgIpc) is 3.01. The molecule has 0 aliphatic carbocycles. The van der Waals surface area contributed by atoms with E-state index in [1.165, 1.54) is 0 Å². The van der Waals surface area contributed by atoms with Gasteiger partial charge in [0.1, 0.15) is 12.1 Å². The first-order chi connectivity index (χ1) is 15.3. The summed E-state index contributed by atoms with van der Waals surface area (Å²) in [6.45, 7) is 2.84. The molecule has 1 aliphatic rings. The summed E-state index contributed by atoms with van der Waals surface area (Å²) >= 11 is 0. The average molecular weight is 435 g/mol. The molecule has 164 valence electrons. The zero-order chi connectivity index (χ0) is 23.0. The van der Waals surface area contributed by atoms with Crippen LogP contribution in [-0.4, -0.2) is 32.0 Å². The number of aromatic nitrogens is 2. The number of hydrogen-bond donors (Lipinski definition) is 2. The Labute approximate surface area is 182 Å². The number of fused-ring (bicyclic) bond motifs is 1. The fourth-order valence-electron chi connectivity index (χ4n) is 3.81. The van der Waals surface area contributed by atoms with E-state index in [2.05, 4.69) is 10.7 Å². The van der Waals surface area contributed by atoms with Crippen LogP contribution < -0.4 is 22.0 Å². The highest BCUT2D eigenvalue weighted by Crippen LogP contribution is 2.27. The van der Waals surface area contributed by atoms with E-state index in [-0.39, 0.29) is 17.4 Å². The monoisotopic (exact) mass is 435 g/mol. The third-order valence-corrected chi connectivity index (χ3v) is 5.53. The van der Waals surface area contributed by atoms with Crippen LogP contribution in [-0.2, 0) is 28.2 Å².